The lowest BCUT2D eigenvalue weighted by Gasteiger charge is -2.28. The van der Waals surface area contributed by atoms with Crippen LogP contribution in [0.15, 0.2) is 0 Å². The highest BCUT2D eigenvalue weighted by Crippen LogP contribution is 2.22. The van der Waals surface area contributed by atoms with Gasteiger partial charge in [0.05, 0.1) is 0 Å². The van der Waals surface area contributed by atoms with Crippen LogP contribution in [0.5, 0.6) is 0 Å². The average molecular weight is 198 g/mol. The predicted molar refractivity (Wildman–Crippen MR) is 53.8 cm³/mol. The summed E-state index contributed by atoms with van der Waals surface area (Å²) in [5.41, 5.74) is -0.440. The lowest BCUT2D eigenvalue weighted by molar-refractivity contribution is -0.131. The number of amides is 3. The first-order valence-electron chi connectivity index (χ1n) is 4.89. The minimum absolute atomic E-state index is 0.113. The quantitative estimate of drug-likeness (QED) is 0.647. The molecule has 1 rings (SSSR count). The van der Waals surface area contributed by atoms with Crippen LogP contribution in [0.25, 0.3) is 0 Å². The average Bonchev–Trinajstić information content (AvgIpc) is 2.24. The summed E-state index contributed by atoms with van der Waals surface area (Å²) in [4.78, 5) is 24.7. The van der Waals surface area contributed by atoms with Gasteiger partial charge in [0, 0.05) is 5.54 Å². The third-order valence-corrected chi connectivity index (χ3v) is 2.31. The summed E-state index contributed by atoms with van der Waals surface area (Å²) in [5, 5.41) is 2.70. The SMILES string of the molecule is CC(C)C1NC(=O)N(C(C)(C)C)C1=O. The van der Waals surface area contributed by atoms with Crippen LogP contribution in [0.3, 0.4) is 0 Å². The van der Waals surface area contributed by atoms with Crippen molar-refractivity contribution >= 4 is 11.9 Å². The van der Waals surface area contributed by atoms with Crippen LogP contribution < -0.4 is 5.32 Å². The highest BCUT2D eigenvalue weighted by molar-refractivity contribution is 6.05. The van der Waals surface area contributed by atoms with Gasteiger partial charge in [0.25, 0.3) is 5.91 Å². The van der Waals surface area contributed by atoms with Crippen LogP contribution in [0.1, 0.15) is 34.6 Å². The van der Waals surface area contributed by atoms with Crippen molar-refractivity contribution in [1.29, 1.82) is 0 Å². The zero-order chi connectivity index (χ0) is 11.1. The van der Waals surface area contributed by atoms with E-state index in [9.17, 15) is 9.59 Å². The van der Waals surface area contributed by atoms with Gasteiger partial charge in [0.2, 0.25) is 0 Å². The molecule has 4 heteroatoms. The van der Waals surface area contributed by atoms with E-state index in [0.29, 0.717) is 0 Å². The molecule has 1 heterocycles. The van der Waals surface area contributed by atoms with Gasteiger partial charge in [0.15, 0.2) is 0 Å². The van der Waals surface area contributed by atoms with E-state index in [-0.39, 0.29) is 23.9 Å². The standard InChI is InChI=1S/C10H18N2O2/c1-6(2)7-8(13)12(9(14)11-7)10(3,4)5/h6-7H,1-5H3,(H,11,14). The molecule has 1 aliphatic rings. The summed E-state index contributed by atoms with van der Waals surface area (Å²) in [6.45, 7) is 9.41. The van der Waals surface area contributed by atoms with Gasteiger partial charge >= 0.3 is 6.03 Å². The van der Waals surface area contributed by atoms with Gasteiger partial charge < -0.3 is 5.32 Å². The molecule has 1 N–H and O–H groups in total. The van der Waals surface area contributed by atoms with E-state index in [2.05, 4.69) is 5.32 Å². The fourth-order valence-electron chi connectivity index (χ4n) is 1.59. The monoisotopic (exact) mass is 198 g/mol. The fraction of sp³-hybridized carbons (Fsp3) is 0.800. The number of rotatable bonds is 1. The van der Waals surface area contributed by atoms with E-state index in [1.54, 1.807) is 0 Å². The third-order valence-electron chi connectivity index (χ3n) is 2.31. The zero-order valence-electron chi connectivity index (χ0n) is 9.42. The second-order valence-corrected chi connectivity index (χ2v) is 5.02. The third kappa shape index (κ3) is 1.74. The topological polar surface area (TPSA) is 49.4 Å². The Kier molecular flexibility index (Phi) is 2.56. The first-order valence-corrected chi connectivity index (χ1v) is 4.89. The zero-order valence-corrected chi connectivity index (χ0v) is 9.42. The first kappa shape index (κ1) is 11.0. The summed E-state index contributed by atoms with van der Waals surface area (Å²) in [6.07, 6.45) is 0. The van der Waals surface area contributed by atoms with E-state index in [1.165, 1.54) is 4.90 Å². The smallest absolute Gasteiger partial charge is 0.325 e. The molecule has 0 aromatic rings. The van der Waals surface area contributed by atoms with Gasteiger partial charge in [-0.25, -0.2) is 4.79 Å². The molecule has 1 atom stereocenters. The van der Waals surface area contributed by atoms with E-state index in [4.69, 9.17) is 0 Å². The maximum absolute atomic E-state index is 11.8. The number of hydrogen-bond acceptors (Lipinski definition) is 2. The molecule has 14 heavy (non-hydrogen) atoms. The van der Waals surface area contributed by atoms with Gasteiger partial charge in [-0.3, -0.25) is 9.69 Å². The molecule has 1 aliphatic heterocycles. The number of carbonyl (C=O) groups is 2. The number of nitrogens with one attached hydrogen (secondary N) is 1. The maximum atomic E-state index is 11.8. The minimum Gasteiger partial charge on any atom is -0.326 e. The number of carbonyl (C=O) groups excluding carboxylic acids is 2. The molecule has 1 fully saturated rings. The Morgan fingerprint density at radius 1 is 1.29 bits per heavy atom. The number of imide groups is 1. The number of hydrogen-bond donors (Lipinski definition) is 1. The Hall–Kier alpha value is -1.06. The fourth-order valence-corrected chi connectivity index (χ4v) is 1.59. The molecule has 0 bridgehead atoms. The molecular weight excluding hydrogens is 180 g/mol. The number of nitrogens with zero attached hydrogens (tertiary/aromatic N) is 1. The van der Waals surface area contributed by atoms with Crippen molar-refractivity contribution in [2.45, 2.75) is 46.2 Å². The van der Waals surface area contributed by atoms with Crippen molar-refractivity contribution in [3.05, 3.63) is 0 Å². The molecule has 0 saturated carbocycles. The van der Waals surface area contributed by atoms with Crippen LogP contribution in [0.2, 0.25) is 0 Å². The van der Waals surface area contributed by atoms with E-state index in [0.717, 1.165) is 0 Å². The predicted octanol–water partition coefficient (Wildman–Crippen LogP) is 1.36. The molecule has 0 spiro atoms. The van der Waals surface area contributed by atoms with Gasteiger partial charge in [-0.15, -0.1) is 0 Å². The number of urea groups is 1. The molecule has 0 aromatic carbocycles. The Morgan fingerprint density at radius 2 is 1.79 bits per heavy atom. The Bertz CT molecular complexity index is 266. The van der Waals surface area contributed by atoms with Crippen LogP contribution in [0.4, 0.5) is 4.79 Å². The lowest BCUT2D eigenvalue weighted by Crippen LogP contribution is -2.46. The molecule has 0 aromatic heterocycles. The van der Waals surface area contributed by atoms with Gasteiger partial charge in [0.1, 0.15) is 6.04 Å². The van der Waals surface area contributed by atoms with E-state index < -0.39 is 5.54 Å². The highest BCUT2D eigenvalue weighted by atomic mass is 16.2. The molecule has 0 aliphatic carbocycles. The molecule has 0 radical (unpaired) electrons. The Balaban J connectivity index is 2.92. The second-order valence-electron chi connectivity index (χ2n) is 5.02. The highest BCUT2D eigenvalue weighted by Gasteiger charge is 2.44. The molecule has 1 unspecified atom stereocenters. The van der Waals surface area contributed by atoms with Crippen LogP contribution in [-0.2, 0) is 4.79 Å². The largest absolute Gasteiger partial charge is 0.326 e. The minimum atomic E-state index is -0.440. The summed E-state index contributed by atoms with van der Waals surface area (Å²) < 4.78 is 0. The first-order chi connectivity index (χ1) is 6.25. The molecule has 4 nitrogen and oxygen atoms in total. The van der Waals surface area contributed by atoms with Crippen molar-refractivity contribution < 1.29 is 9.59 Å². The van der Waals surface area contributed by atoms with Gasteiger partial charge in [-0.05, 0) is 26.7 Å². The van der Waals surface area contributed by atoms with Crippen LogP contribution in [-0.4, -0.2) is 28.4 Å². The summed E-state index contributed by atoms with van der Waals surface area (Å²) in [7, 11) is 0. The summed E-state index contributed by atoms with van der Waals surface area (Å²) in [5.74, 6) is 0.0244. The van der Waals surface area contributed by atoms with E-state index >= 15 is 0 Å². The normalized spacial score (nSPS) is 23.3. The second kappa shape index (κ2) is 3.26. The van der Waals surface area contributed by atoms with Crippen LogP contribution in [0, 0.1) is 5.92 Å². The van der Waals surface area contributed by atoms with E-state index in [1.807, 2.05) is 34.6 Å². The molecule has 1 saturated heterocycles. The summed E-state index contributed by atoms with van der Waals surface area (Å²) >= 11 is 0. The molecule has 3 amide bonds. The Morgan fingerprint density at radius 3 is 2.00 bits per heavy atom. The van der Waals surface area contributed by atoms with Gasteiger partial charge in [-0.2, -0.15) is 0 Å². The summed E-state index contributed by atoms with van der Waals surface area (Å²) in [6, 6.07) is -0.636. The van der Waals surface area contributed by atoms with Crippen molar-refractivity contribution in [2.75, 3.05) is 0 Å². The van der Waals surface area contributed by atoms with Crippen molar-refractivity contribution in [2.24, 2.45) is 5.92 Å². The molecular formula is C10H18N2O2. The van der Waals surface area contributed by atoms with Crippen LogP contribution >= 0.6 is 0 Å². The van der Waals surface area contributed by atoms with Gasteiger partial charge in [-0.1, -0.05) is 13.8 Å². The Labute approximate surface area is 84.7 Å². The van der Waals surface area contributed by atoms with Crippen molar-refractivity contribution in [3.8, 4) is 0 Å². The van der Waals surface area contributed by atoms with Crippen molar-refractivity contribution in [3.63, 3.8) is 0 Å². The molecule has 80 valence electrons. The van der Waals surface area contributed by atoms with Crippen molar-refractivity contribution in [1.82, 2.24) is 10.2 Å². The maximum Gasteiger partial charge on any atom is 0.325 e. The lowest BCUT2D eigenvalue weighted by atomic mass is 10.0.